The molecule has 1 rings (SSSR count). The van der Waals surface area contributed by atoms with E-state index in [1.807, 2.05) is 0 Å². The van der Waals surface area contributed by atoms with Crippen molar-refractivity contribution < 1.29 is 28.1 Å². The highest BCUT2D eigenvalue weighted by Gasteiger charge is 2.32. The van der Waals surface area contributed by atoms with Crippen molar-refractivity contribution in [3.05, 3.63) is 30.3 Å². The zero-order valence-electron chi connectivity index (χ0n) is 6.85. The molecular weight excluding hydrogens is 242 g/mol. The second kappa shape index (κ2) is 5.03. The minimum Gasteiger partial charge on any atom is -0.321 e. The van der Waals surface area contributed by atoms with Crippen LogP contribution in [0.15, 0.2) is 30.3 Å². The zero-order chi connectivity index (χ0) is 10.8. The van der Waals surface area contributed by atoms with E-state index in [1.54, 1.807) is 6.07 Å². The molecule has 0 aliphatic rings. The number of hydrogen-bond acceptors (Lipinski definition) is 3. The molecule has 8 heteroatoms. The van der Waals surface area contributed by atoms with Crippen LogP contribution < -0.4 is 5.30 Å². The molecule has 0 aromatic heterocycles. The van der Waals surface area contributed by atoms with Crippen molar-refractivity contribution in [3.63, 3.8) is 0 Å². The molecule has 1 atom stereocenters. The van der Waals surface area contributed by atoms with Crippen molar-refractivity contribution in [1.82, 2.24) is 0 Å². The molecular formula is C7H12O6P2. The summed E-state index contributed by atoms with van der Waals surface area (Å²) in [5.41, 5.74) is 0. The summed E-state index contributed by atoms with van der Waals surface area (Å²) in [5.74, 6) is 0. The van der Waals surface area contributed by atoms with Crippen molar-refractivity contribution in [2.75, 3.05) is 0 Å². The van der Waals surface area contributed by atoms with E-state index < -0.39 is 15.4 Å². The van der Waals surface area contributed by atoms with Crippen molar-refractivity contribution in [3.8, 4) is 0 Å². The summed E-state index contributed by atoms with van der Waals surface area (Å²) in [4.78, 5) is 25.9. The number of benzene rings is 1. The Labute approximate surface area is 87.3 Å². The standard InChI is InChI=1S/C6H8O6P2.CH4/c7-13(8,12-14(9,10)11)6-4-2-1-3-5-6;/h1-5H,(H,7,8)(H2,9,10,11);1H4. The molecule has 0 saturated heterocycles. The molecule has 1 aromatic carbocycles. The Morgan fingerprint density at radius 3 is 1.87 bits per heavy atom. The van der Waals surface area contributed by atoms with Gasteiger partial charge in [-0.3, -0.25) is 4.57 Å². The lowest BCUT2D eigenvalue weighted by Crippen LogP contribution is -2.05. The van der Waals surface area contributed by atoms with Crippen LogP contribution in [0.4, 0.5) is 0 Å². The first-order valence-electron chi connectivity index (χ1n) is 3.46. The third-order valence-corrected chi connectivity index (χ3v) is 3.99. The third-order valence-electron chi connectivity index (χ3n) is 1.30. The van der Waals surface area contributed by atoms with Crippen LogP contribution in [0, 0.1) is 0 Å². The lowest BCUT2D eigenvalue weighted by Gasteiger charge is -2.11. The van der Waals surface area contributed by atoms with Gasteiger partial charge < -0.3 is 14.7 Å². The topological polar surface area (TPSA) is 104 Å². The monoisotopic (exact) mass is 254 g/mol. The highest BCUT2D eigenvalue weighted by molar-refractivity contribution is 7.69. The van der Waals surface area contributed by atoms with E-state index in [4.69, 9.17) is 14.7 Å². The van der Waals surface area contributed by atoms with E-state index in [9.17, 15) is 9.13 Å². The fourth-order valence-electron chi connectivity index (χ4n) is 0.808. The Bertz CT molecular complexity index is 397. The molecule has 3 N–H and O–H groups in total. The van der Waals surface area contributed by atoms with Crippen LogP contribution in [0.1, 0.15) is 7.43 Å². The molecule has 0 aliphatic carbocycles. The van der Waals surface area contributed by atoms with E-state index in [1.165, 1.54) is 24.3 Å². The number of rotatable bonds is 3. The van der Waals surface area contributed by atoms with Crippen LogP contribution in [0.5, 0.6) is 0 Å². The Balaban J connectivity index is 0.00000196. The molecule has 0 heterocycles. The summed E-state index contributed by atoms with van der Waals surface area (Å²) in [7, 11) is -9.40. The quantitative estimate of drug-likeness (QED) is 0.701. The van der Waals surface area contributed by atoms with Gasteiger partial charge in [0.2, 0.25) is 0 Å². The molecule has 1 aromatic rings. The van der Waals surface area contributed by atoms with Gasteiger partial charge in [0, 0.05) is 0 Å². The summed E-state index contributed by atoms with van der Waals surface area (Å²) < 4.78 is 25.4. The predicted octanol–water partition coefficient (Wildman–Crippen LogP) is 1.24. The molecule has 15 heavy (non-hydrogen) atoms. The normalized spacial score (nSPS) is 15.1. The van der Waals surface area contributed by atoms with Gasteiger partial charge in [0.05, 0.1) is 5.30 Å². The summed E-state index contributed by atoms with van der Waals surface area (Å²) in [6.07, 6.45) is 0. The summed E-state index contributed by atoms with van der Waals surface area (Å²) >= 11 is 0. The highest BCUT2D eigenvalue weighted by atomic mass is 31.3. The Kier molecular flexibility index (Phi) is 4.87. The third kappa shape index (κ3) is 4.71. The fourth-order valence-corrected chi connectivity index (χ4v) is 2.89. The fraction of sp³-hybridized carbons (Fsp3) is 0.143. The minimum atomic E-state index is -4.97. The van der Waals surface area contributed by atoms with Crippen LogP contribution in [0.25, 0.3) is 0 Å². The second-order valence-corrected chi connectivity index (χ2v) is 5.62. The van der Waals surface area contributed by atoms with Crippen molar-refractivity contribution in [2.24, 2.45) is 0 Å². The molecule has 86 valence electrons. The van der Waals surface area contributed by atoms with Crippen LogP contribution in [0.2, 0.25) is 0 Å². The number of hydrogen-bond donors (Lipinski definition) is 3. The molecule has 0 amide bonds. The van der Waals surface area contributed by atoms with Crippen molar-refractivity contribution >= 4 is 20.7 Å². The van der Waals surface area contributed by atoms with E-state index >= 15 is 0 Å². The van der Waals surface area contributed by atoms with Gasteiger partial charge in [0.25, 0.3) is 0 Å². The SMILES string of the molecule is C.O=P(O)(O)OP(=O)(O)c1ccccc1. The Morgan fingerprint density at radius 2 is 1.47 bits per heavy atom. The van der Waals surface area contributed by atoms with Gasteiger partial charge in [-0.05, 0) is 12.1 Å². The smallest absolute Gasteiger partial charge is 0.321 e. The highest BCUT2D eigenvalue weighted by Crippen LogP contribution is 2.55. The van der Waals surface area contributed by atoms with Gasteiger partial charge in [0.15, 0.2) is 0 Å². The molecule has 0 radical (unpaired) electrons. The van der Waals surface area contributed by atoms with Crippen LogP contribution in [-0.4, -0.2) is 14.7 Å². The van der Waals surface area contributed by atoms with Gasteiger partial charge >= 0.3 is 15.4 Å². The zero-order valence-corrected chi connectivity index (χ0v) is 8.64. The summed E-state index contributed by atoms with van der Waals surface area (Å²) in [6, 6.07) is 7.01. The molecule has 6 nitrogen and oxygen atoms in total. The maximum absolute atomic E-state index is 11.3. The minimum absolute atomic E-state index is 0. The van der Waals surface area contributed by atoms with E-state index in [2.05, 4.69) is 4.31 Å². The van der Waals surface area contributed by atoms with Crippen molar-refractivity contribution in [1.29, 1.82) is 0 Å². The van der Waals surface area contributed by atoms with Crippen LogP contribution in [-0.2, 0) is 13.4 Å². The molecule has 0 fully saturated rings. The molecule has 0 spiro atoms. The average molecular weight is 254 g/mol. The van der Waals surface area contributed by atoms with Gasteiger partial charge in [-0.25, -0.2) is 8.88 Å². The lowest BCUT2D eigenvalue weighted by molar-refractivity contribution is 0.268. The van der Waals surface area contributed by atoms with E-state index in [0.29, 0.717) is 0 Å². The van der Waals surface area contributed by atoms with Gasteiger partial charge in [-0.2, -0.15) is 0 Å². The van der Waals surface area contributed by atoms with Gasteiger partial charge in [0.1, 0.15) is 0 Å². The average Bonchev–Trinajstić information content (AvgIpc) is 2.01. The maximum atomic E-state index is 11.3. The molecule has 0 aliphatic heterocycles. The lowest BCUT2D eigenvalue weighted by atomic mass is 10.4. The molecule has 0 bridgehead atoms. The van der Waals surface area contributed by atoms with Crippen molar-refractivity contribution in [2.45, 2.75) is 7.43 Å². The van der Waals surface area contributed by atoms with Crippen LogP contribution >= 0.6 is 15.4 Å². The van der Waals surface area contributed by atoms with Gasteiger partial charge in [-0.1, -0.05) is 25.6 Å². The van der Waals surface area contributed by atoms with E-state index in [0.717, 1.165) is 0 Å². The molecule has 1 unspecified atom stereocenters. The second-order valence-electron chi connectivity index (χ2n) is 2.43. The first-order chi connectivity index (χ1) is 6.31. The largest absolute Gasteiger partial charge is 0.477 e. The summed E-state index contributed by atoms with van der Waals surface area (Å²) in [5, 5.41) is -0.164. The predicted molar refractivity (Wildman–Crippen MR) is 55.8 cm³/mol. The maximum Gasteiger partial charge on any atom is 0.477 e. The van der Waals surface area contributed by atoms with Crippen LogP contribution in [0.3, 0.4) is 0 Å². The Hall–Kier alpha value is -0.480. The van der Waals surface area contributed by atoms with E-state index in [-0.39, 0.29) is 12.7 Å². The van der Waals surface area contributed by atoms with Gasteiger partial charge in [-0.15, -0.1) is 0 Å². The first-order valence-corrected chi connectivity index (χ1v) is 6.57. The molecule has 0 saturated carbocycles. The summed E-state index contributed by atoms with van der Waals surface area (Å²) in [6.45, 7) is 0. The Morgan fingerprint density at radius 1 is 1.00 bits per heavy atom. The number of phosphoric acid groups is 1. The first kappa shape index (κ1) is 14.5.